The molecule has 1 saturated carbocycles. The molecule has 5 nitrogen and oxygen atoms in total. The Morgan fingerprint density at radius 2 is 1.76 bits per heavy atom. The average Bonchev–Trinajstić information content (AvgIpc) is 3.20. The van der Waals surface area contributed by atoms with E-state index in [1.165, 1.54) is 12.1 Å². The highest BCUT2D eigenvalue weighted by Crippen LogP contribution is 2.48. The number of benzene rings is 3. The summed E-state index contributed by atoms with van der Waals surface area (Å²) in [6, 6.07) is 16.7. The molecular weight excluding hydrogens is 550 g/mol. The van der Waals surface area contributed by atoms with Crippen LogP contribution < -0.4 is 9.47 Å². The first-order chi connectivity index (χ1) is 20.2. The molecule has 9 heteroatoms. The molecule has 218 valence electrons. The van der Waals surface area contributed by atoms with E-state index in [-0.39, 0.29) is 29.3 Å². The number of allylic oxidation sites excluding steroid dienone is 1. The Bertz CT molecular complexity index is 1700. The summed E-state index contributed by atoms with van der Waals surface area (Å²) in [5.74, 6) is -0.591. The van der Waals surface area contributed by atoms with Crippen molar-refractivity contribution >= 4 is 28.5 Å². The molecule has 2 heterocycles. The normalized spacial score (nSPS) is 15.6. The summed E-state index contributed by atoms with van der Waals surface area (Å²) in [4.78, 5) is 12.0. The van der Waals surface area contributed by atoms with Crippen LogP contribution in [0.1, 0.15) is 65.1 Å². The van der Waals surface area contributed by atoms with Crippen LogP contribution in [-0.4, -0.2) is 35.3 Å². The molecule has 0 unspecified atom stereocenters. The minimum atomic E-state index is -4.68. The lowest BCUT2D eigenvalue weighted by atomic mass is 9.81. The Morgan fingerprint density at radius 3 is 2.48 bits per heavy atom. The summed E-state index contributed by atoms with van der Waals surface area (Å²) in [7, 11) is 1.55. The van der Waals surface area contributed by atoms with Crippen molar-refractivity contribution < 1.29 is 36.9 Å². The number of para-hydroxylation sites is 1. The molecule has 0 bridgehead atoms. The van der Waals surface area contributed by atoms with Gasteiger partial charge in [0.2, 0.25) is 0 Å². The van der Waals surface area contributed by atoms with E-state index in [1.807, 2.05) is 34.9 Å². The third-order valence-electron chi connectivity index (χ3n) is 8.27. The van der Waals surface area contributed by atoms with Gasteiger partial charge in [-0.05, 0) is 77.9 Å². The lowest BCUT2D eigenvalue weighted by Gasteiger charge is -2.24. The largest absolute Gasteiger partial charge is 0.497 e. The molecule has 2 aliphatic rings. The van der Waals surface area contributed by atoms with Crippen molar-refractivity contribution in [2.75, 3.05) is 7.11 Å². The molecule has 1 aromatic heterocycles. The van der Waals surface area contributed by atoms with Gasteiger partial charge in [-0.3, -0.25) is 0 Å². The second-order valence-corrected chi connectivity index (χ2v) is 10.8. The summed E-state index contributed by atoms with van der Waals surface area (Å²) >= 11 is 0. The van der Waals surface area contributed by atoms with Crippen molar-refractivity contribution in [3.05, 3.63) is 82.9 Å². The van der Waals surface area contributed by atoms with Gasteiger partial charge >= 0.3 is 18.5 Å². The molecule has 1 N–H and O–H groups in total. The Hall–Kier alpha value is -4.27. The van der Waals surface area contributed by atoms with Crippen LogP contribution >= 0.6 is 0 Å². The Labute approximate surface area is 240 Å². The van der Waals surface area contributed by atoms with Gasteiger partial charge in [0.25, 0.3) is 0 Å². The van der Waals surface area contributed by atoms with Crippen molar-refractivity contribution in [2.24, 2.45) is 0 Å². The van der Waals surface area contributed by atoms with Gasteiger partial charge in [0.15, 0.2) is 0 Å². The molecule has 3 aromatic carbocycles. The van der Waals surface area contributed by atoms with E-state index in [4.69, 9.17) is 4.74 Å². The Kier molecular flexibility index (Phi) is 7.20. The molecular formula is C33H29F4NO4. The van der Waals surface area contributed by atoms with Crippen LogP contribution in [0.2, 0.25) is 0 Å². The number of ether oxygens (including phenoxy) is 2. The zero-order chi connectivity index (χ0) is 29.6. The maximum atomic E-state index is 14.1. The van der Waals surface area contributed by atoms with Crippen LogP contribution in [0.15, 0.2) is 60.7 Å². The van der Waals surface area contributed by atoms with Gasteiger partial charge in [0, 0.05) is 28.6 Å². The molecule has 4 aromatic rings. The number of hydrogen-bond donors (Lipinski definition) is 1. The number of halogens is 4. The van der Waals surface area contributed by atoms with E-state index in [9.17, 15) is 27.5 Å². The topological polar surface area (TPSA) is 60.7 Å². The van der Waals surface area contributed by atoms with E-state index >= 15 is 0 Å². The maximum Gasteiger partial charge on any atom is 0.461 e. The molecule has 1 aliphatic heterocycles. The maximum absolute atomic E-state index is 14.1. The number of hydrogen-bond acceptors (Lipinski definition) is 3. The molecule has 0 atom stereocenters. The lowest BCUT2D eigenvalue weighted by molar-refractivity contribution is -0.253. The number of carboxylic acids is 1. The summed E-state index contributed by atoms with van der Waals surface area (Å²) in [5, 5.41) is 10.8. The third-order valence-corrected chi connectivity index (χ3v) is 8.27. The van der Waals surface area contributed by atoms with Gasteiger partial charge in [0.1, 0.15) is 11.5 Å². The summed E-state index contributed by atoms with van der Waals surface area (Å²) < 4.78 is 66.6. The minimum Gasteiger partial charge on any atom is -0.497 e. The second-order valence-electron chi connectivity index (χ2n) is 10.8. The first-order valence-electron chi connectivity index (χ1n) is 13.9. The number of rotatable bonds is 7. The number of fused-ring (bicyclic) bond motifs is 5. The monoisotopic (exact) mass is 579 g/mol. The van der Waals surface area contributed by atoms with E-state index in [2.05, 4.69) is 4.74 Å². The van der Waals surface area contributed by atoms with Crippen molar-refractivity contribution in [3.63, 3.8) is 0 Å². The van der Waals surface area contributed by atoms with E-state index in [0.717, 1.165) is 59.9 Å². The standard InChI is InChI=1S/C33H29F4NO4/c1-41-23-12-14-25-21(16-23)15-22(24-9-5-6-10-28(24)42-33(36,37)32(34)35)18-38-27-17-20(31(39)40)11-13-26(27)29(30(25)38)19-7-3-2-4-8-19/h5-6,9-17,19,32H,2-4,7-8,18H2,1H3,(H,39,40). The molecule has 1 fully saturated rings. The quantitative estimate of drug-likeness (QED) is 0.222. The van der Waals surface area contributed by atoms with Crippen LogP contribution in [0.25, 0.3) is 33.8 Å². The number of aromatic carboxylic acids is 1. The average molecular weight is 580 g/mol. The molecule has 0 saturated heterocycles. The first kappa shape index (κ1) is 27.9. The fourth-order valence-corrected chi connectivity index (χ4v) is 6.35. The molecule has 0 amide bonds. The summed E-state index contributed by atoms with van der Waals surface area (Å²) in [5.41, 5.74) is 5.31. The van der Waals surface area contributed by atoms with Crippen molar-refractivity contribution in [3.8, 4) is 22.8 Å². The number of alkyl halides is 4. The van der Waals surface area contributed by atoms with Crippen LogP contribution in [-0.2, 0) is 6.54 Å². The van der Waals surface area contributed by atoms with Gasteiger partial charge in [-0.15, -0.1) is 0 Å². The zero-order valence-corrected chi connectivity index (χ0v) is 22.9. The number of carboxylic acid groups (broad SMARTS) is 1. The SMILES string of the molecule is COc1ccc2c(c1)C=C(c1ccccc1OC(F)(F)C(F)F)Cn1c-2c(C2CCCCC2)c2ccc(C(=O)O)cc21. The third kappa shape index (κ3) is 4.91. The predicted molar refractivity (Wildman–Crippen MR) is 153 cm³/mol. The number of carbonyl (C=O) groups is 1. The lowest BCUT2D eigenvalue weighted by Crippen LogP contribution is -2.33. The van der Waals surface area contributed by atoms with Crippen LogP contribution in [0, 0.1) is 0 Å². The molecule has 42 heavy (non-hydrogen) atoms. The van der Waals surface area contributed by atoms with Gasteiger partial charge in [0.05, 0.1) is 18.4 Å². The molecule has 0 radical (unpaired) electrons. The number of aromatic nitrogens is 1. The van der Waals surface area contributed by atoms with Gasteiger partial charge in [-0.1, -0.05) is 43.5 Å². The summed E-state index contributed by atoms with van der Waals surface area (Å²) in [6.45, 7) is 0.166. The molecule has 0 spiro atoms. The van der Waals surface area contributed by atoms with E-state index < -0.39 is 18.5 Å². The second kappa shape index (κ2) is 10.9. The zero-order valence-electron chi connectivity index (χ0n) is 22.9. The first-order valence-corrected chi connectivity index (χ1v) is 13.9. The highest BCUT2D eigenvalue weighted by atomic mass is 19.3. The van der Waals surface area contributed by atoms with Crippen LogP contribution in [0.4, 0.5) is 17.6 Å². The smallest absolute Gasteiger partial charge is 0.461 e. The van der Waals surface area contributed by atoms with Crippen LogP contribution in [0.5, 0.6) is 11.5 Å². The number of methoxy groups -OCH3 is 1. The minimum absolute atomic E-state index is 0.128. The fourth-order valence-electron chi connectivity index (χ4n) is 6.35. The van der Waals surface area contributed by atoms with E-state index in [0.29, 0.717) is 16.8 Å². The van der Waals surface area contributed by atoms with Gasteiger partial charge < -0.3 is 19.1 Å². The van der Waals surface area contributed by atoms with Crippen molar-refractivity contribution in [1.82, 2.24) is 4.57 Å². The molecule has 1 aliphatic carbocycles. The molecule has 6 rings (SSSR count). The van der Waals surface area contributed by atoms with Crippen LogP contribution in [0.3, 0.4) is 0 Å². The van der Waals surface area contributed by atoms with Crippen molar-refractivity contribution in [1.29, 1.82) is 0 Å². The van der Waals surface area contributed by atoms with Gasteiger partial charge in [-0.25, -0.2) is 4.79 Å². The van der Waals surface area contributed by atoms with Gasteiger partial charge in [-0.2, -0.15) is 17.6 Å². The predicted octanol–water partition coefficient (Wildman–Crippen LogP) is 8.85. The highest BCUT2D eigenvalue weighted by molar-refractivity contribution is 6.01. The Morgan fingerprint density at radius 1 is 1.00 bits per heavy atom. The highest BCUT2D eigenvalue weighted by Gasteiger charge is 2.44. The Balaban J connectivity index is 1.63. The van der Waals surface area contributed by atoms with Crippen molar-refractivity contribution in [2.45, 2.75) is 57.1 Å². The number of nitrogens with zero attached hydrogens (tertiary/aromatic N) is 1. The summed E-state index contributed by atoms with van der Waals surface area (Å²) in [6.07, 6.45) is -1.52. The van der Waals surface area contributed by atoms with E-state index in [1.54, 1.807) is 31.4 Å². The fraction of sp³-hybridized carbons (Fsp3) is 0.303.